The number of nitrogens with one attached hydrogen (secondary N) is 1. The van der Waals surface area contributed by atoms with Crippen molar-refractivity contribution in [1.82, 2.24) is 5.32 Å². The van der Waals surface area contributed by atoms with E-state index in [-0.39, 0.29) is 5.97 Å². The van der Waals surface area contributed by atoms with Crippen LogP contribution in [0.4, 0.5) is 0 Å². The van der Waals surface area contributed by atoms with Crippen molar-refractivity contribution in [2.45, 2.75) is 64.7 Å². The van der Waals surface area contributed by atoms with Crippen molar-refractivity contribution in [3.63, 3.8) is 0 Å². The third-order valence-electron chi connectivity index (χ3n) is 3.86. The Kier molecular flexibility index (Phi) is 7.22. The predicted octanol–water partition coefficient (Wildman–Crippen LogP) is 3.23. The van der Waals surface area contributed by atoms with Gasteiger partial charge in [-0.3, -0.25) is 4.79 Å². The first-order valence-corrected chi connectivity index (χ1v) is 8.56. The maximum absolute atomic E-state index is 11.5. The minimum atomic E-state index is -0.0786. The van der Waals surface area contributed by atoms with Crippen LogP contribution in [0.5, 0.6) is 0 Å². The summed E-state index contributed by atoms with van der Waals surface area (Å²) < 4.78 is 5.02. The van der Waals surface area contributed by atoms with E-state index in [0.29, 0.717) is 29.1 Å². The number of esters is 1. The number of hydrogen-bond acceptors (Lipinski definition) is 4. The molecule has 2 atom stereocenters. The van der Waals surface area contributed by atoms with Gasteiger partial charge < -0.3 is 10.1 Å². The molecular formula is C15H29NO2S. The van der Waals surface area contributed by atoms with Crippen molar-refractivity contribution in [2.24, 2.45) is 5.41 Å². The molecule has 0 aliphatic heterocycles. The molecule has 19 heavy (non-hydrogen) atoms. The summed E-state index contributed by atoms with van der Waals surface area (Å²) in [6.45, 7) is 10.3. The van der Waals surface area contributed by atoms with E-state index >= 15 is 0 Å². The zero-order chi connectivity index (χ0) is 14.3. The second-order valence-corrected chi connectivity index (χ2v) is 7.19. The first-order valence-electron chi connectivity index (χ1n) is 7.52. The van der Waals surface area contributed by atoms with Crippen LogP contribution < -0.4 is 5.32 Å². The van der Waals surface area contributed by atoms with E-state index in [2.05, 4.69) is 26.1 Å². The Bertz CT molecular complexity index is 281. The SMILES string of the molecule is CCCNC1C(SCC(=O)OCC)CCCC1(C)C. The average Bonchev–Trinajstić information content (AvgIpc) is 2.35. The van der Waals surface area contributed by atoms with E-state index in [9.17, 15) is 4.79 Å². The lowest BCUT2D eigenvalue weighted by atomic mass is 9.73. The zero-order valence-corrected chi connectivity index (χ0v) is 13.6. The fourth-order valence-electron chi connectivity index (χ4n) is 2.85. The summed E-state index contributed by atoms with van der Waals surface area (Å²) in [6.07, 6.45) is 4.89. The van der Waals surface area contributed by atoms with Gasteiger partial charge in [0.15, 0.2) is 0 Å². The molecule has 2 unspecified atom stereocenters. The third-order valence-corrected chi connectivity index (χ3v) is 5.20. The van der Waals surface area contributed by atoms with Gasteiger partial charge in [-0.1, -0.05) is 27.2 Å². The first-order chi connectivity index (χ1) is 9.01. The van der Waals surface area contributed by atoms with Gasteiger partial charge in [-0.25, -0.2) is 0 Å². The van der Waals surface area contributed by atoms with Gasteiger partial charge >= 0.3 is 5.97 Å². The Morgan fingerprint density at radius 2 is 2.16 bits per heavy atom. The molecule has 1 aliphatic carbocycles. The van der Waals surface area contributed by atoms with Crippen molar-refractivity contribution in [1.29, 1.82) is 0 Å². The monoisotopic (exact) mass is 287 g/mol. The van der Waals surface area contributed by atoms with Gasteiger partial charge in [-0.15, -0.1) is 11.8 Å². The maximum atomic E-state index is 11.5. The van der Waals surface area contributed by atoms with Crippen LogP contribution in [0.25, 0.3) is 0 Å². The van der Waals surface area contributed by atoms with E-state index in [0.717, 1.165) is 13.0 Å². The largest absolute Gasteiger partial charge is 0.465 e. The molecule has 1 N–H and O–H groups in total. The van der Waals surface area contributed by atoms with Crippen molar-refractivity contribution in [3.8, 4) is 0 Å². The second-order valence-electron chi connectivity index (χ2n) is 5.97. The van der Waals surface area contributed by atoms with Crippen LogP contribution in [0.15, 0.2) is 0 Å². The lowest BCUT2D eigenvalue weighted by Crippen LogP contribution is -2.51. The summed E-state index contributed by atoms with van der Waals surface area (Å²) in [5, 5.41) is 4.22. The molecular weight excluding hydrogens is 258 g/mol. The smallest absolute Gasteiger partial charge is 0.315 e. The Hall–Kier alpha value is -0.220. The summed E-state index contributed by atoms with van der Waals surface area (Å²) in [7, 11) is 0. The standard InChI is InChI=1S/C15H29NO2S/c1-5-10-16-14-12(8-7-9-15(14,3)4)19-11-13(17)18-6-2/h12,14,16H,5-11H2,1-4H3. The summed E-state index contributed by atoms with van der Waals surface area (Å²) >= 11 is 1.77. The quantitative estimate of drug-likeness (QED) is 0.730. The highest BCUT2D eigenvalue weighted by atomic mass is 32.2. The topological polar surface area (TPSA) is 38.3 Å². The van der Waals surface area contributed by atoms with Crippen LogP contribution in [0.1, 0.15) is 53.4 Å². The Balaban J connectivity index is 2.54. The normalized spacial score (nSPS) is 26.1. The van der Waals surface area contributed by atoms with Crippen LogP contribution in [-0.4, -0.2) is 36.2 Å². The average molecular weight is 287 g/mol. The van der Waals surface area contributed by atoms with Crippen LogP contribution in [-0.2, 0) is 9.53 Å². The summed E-state index contributed by atoms with van der Waals surface area (Å²) in [4.78, 5) is 11.5. The zero-order valence-electron chi connectivity index (χ0n) is 12.8. The van der Waals surface area contributed by atoms with Gasteiger partial charge in [0.05, 0.1) is 12.4 Å². The first kappa shape index (κ1) is 16.8. The number of carbonyl (C=O) groups is 1. The molecule has 4 heteroatoms. The molecule has 0 radical (unpaired) electrons. The van der Waals surface area contributed by atoms with Crippen LogP contribution >= 0.6 is 11.8 Å². The molecule has 112 valence electrons. The highest BCUT2D eigenvalue weighted by Crippen LogP contribution is 2.40. The number of thioether (sulfide) groups is 1. The van der Waals surface area contributed by atoms with Crippen LogP contribution in [0.2, 0.25) is 0 Å². The number of ether oxygens (including phenoxy) is 1. The molecule has 1 saturated carbocycles. The van der Waals surface area contributed by atoms with E-state index < -0.39 is 0 Å². The van der Waals surface area contributed by atoms with Gasteiger partial charge in [0, 0.05) is 11.3 Å². The van der Waals surface area contributed by atoms with E-state index in [1.54, 1.807) is 11.8 Å². The highest BCUT2D eigenvalue weighted by molar-refractivity contribution is 8.00. The fraction of sp³-hybridized carbons (Fsp3) is 0.933. The number of hydrogen-bond donors (Lipinski definition) is 1. The molecule has 0 aromatic rings. The van der Waals surface area contributed by atoms with Crippen LogP contribution in [0.3, 0.4) is 0 Å². The molecule has 1 rings (SSSR count). The van der Waals surface area contributed by atoms with Gasteiger partial charge in [0.1, 0.15) is 0 Å². The fourth-order valence-corrected chi connectivity index (χ4v) is 4.27. The Labute approximate surface area is 122 Å². The summed E-state index contributed by atoms with van der Waals surface area (Å²) in [5.41, 5.74) is 0.319. The molecule has 0 heterocycles. The van der Waals surface area contributed by atoms with E-state index in [1.165, 1.54) is 19.3 Å². The molecule has 3 nitrogen and oxygen atoms in total. The van der Waals surface area contributed by atoms with Crippen molar-refractivity contribution in [2.75, 3.05) is 18.9 Å². The summed E-state index contributed by atoms with van der Waals surface area (Å²) in [5.74, 6) is 0.406. The Morgan fingerprint density at radius 3 is 2.79 bits per heavy atom. The molecule has 0 spiro atoms. The lowest BCUT2D eigenvalue weighted by Gasteiger charge is -2.44. The van der Waals surface area contributed by atoms with Gasteiger partial charge in [-0.2, -0.15) is 0 Å². The van der Waals surface area contributed by atoms with E-state index in [4.69, 9.17) is 4.74 Å². The summed E-state index contributed by atoms with van der Waals surface area (Å²) in [6, 6.07) is 0.501. The van der Waals surface area contributed by atoms with E-state index in [1.807, 2.05) is 6.92 Å². The van der Waals surface area contributed by atoms with Crippen LogP contribution in [0, 0.1) is 5.41 Å². The third kappa shape index (κ3) is 5.35. The molecule has 0 amide bonds. The maximum Gasteiger partial charge on any atom is 0.315 e. The number of rotatable bonds is 7. The molecule has 1 aliphatic rings. The molecule has 1 fully saturated rings. The highest BCUT2D eigenvalue weighted by Gasteiger charge is 2.38. The van der Waals surface area contributed by atoms with Gasteiger partial charge in [0.2, 0.25) is 0 Å². The van der Waals surface area contributed by atoms with Crippen molar-refractivity contribution >= 4 is 17.7 Å². The Morgan fingerprint density at radius 1 is 1.42 bits per heavy atom. The van der Waals surface area contributed by atoms with Gasteiger partial charge in [0.25, 0.3) is 0 Å². The molecule has 0 aromatic carbocycles. The molecule has 0 saturated heterocycles. The molecule has 0 aromatic heterocycles. The van der Waals surface area contributed by atoms with Gasteiger partial charge in [-0.05, 0) is 38.1 Å². The number of carbonyl (C=O) groups excluding carboxylic acids is 1. The predicted molar refractivity (Wildman–Crippen MR) is 82.6 cm³/mol. The van der Waals surface area contributed by atoms with Crippen molar-refractivity contribution in [3.05, 3.63) is 0 Å². The minimum Gasteiger partial charge on any atom is -0.465 e. The van der Waals surface area contributed by atoms with Crippen molar-refractivity contribution < 1.29 is 9.53 Å². The lowest BCUT2D eigenvalue weighted by molar-refractivity contribution is -0.139. The second kappa shape index (κ2) is 8.15. The molecule has 0 bridgehead atoms. The minimum absolute atomic E-state index is 0.0786.